The van der Waals surface area contributed by atoms with Crippen LogP contribution in [0.15, 0.2) is 83.8 Å². The zero-order chi connectivity index (χ0) is 19.3. The van der Waals surface area contributed by atoms with Crippen molar-refractivity contribution in [2.24, 2.45) is 0 Å². The van der Waals surface area contributed by atoms with Crippen molar-refractivity contribution in [3.05, 3.63) is 94.5 Å². The summed E-state index contributed by atoms with van der Waals surface area (Å²) in [4.78, 5) is 9.93. The largest absolute Gasteiger partial charge is 0.489 e. The van der Waals surface area contributed by atoms with Crippen LogP contribution in [0.5, 0.6) is 5.75 Å². The first-order valence-electron chi connectivity index (χ1n) is 7.99. The summed E-state index contributed by atoms with van der Waals surface area (Å²) in [6.45, 7) is 0.391. The second-order valence-electron chi connectivity index (χ2n) is 5.63. The number of sulfonamides is 1. The highest BCUT2D eigenvalue weighted by Crippen LogP contribution is 2.26. The van der Waals surface area contributed by atoms with Gasteiger partial charge >= 0.3 is 0 Å². The molecule has 0 aliphatic carbocycles. The first kappa shape index (κ1) is 18.4. The van der Waals surface area contributed by atoms with Gasteiger partial charge in [-0.25, -0.2) is 8.42 Å². The van der Waals surface area contributed by atoms with E-state index in [0.717, 1.165) is 11.6 Å². The molecule has 0 aliphatic heterocycles. The second kappa shape index (κ2) is 7.88. The minimum Gasteiger partial charge on any atom is -0.489 e. The SMILES string of the molecule is O=[N+]([O-])c1ccccc1S(=O)(=O)Nc1ccc(OCc2ccccc2)cc1. The molecule has 0 heterocycles. The summed E-state index contributed by atoms with van der Waals surface area (Å²) in [5, 5.41) is 11.1. The Labute approximate surface area is 156 Å². The first-order chi connectivity index (χ1) is 13.0. The molecule has 3 aromatic rings. The van der Waals surface area contributed by atoms with Gasteiger partial charge in [-0.2, -0.15) is 0 Å². The van der Waals surface area contributed by atoms with Gasteiger partial charge in [0, 0.05) is 11.8 Å². The highest BCUT2D eigenvalue weighted by atomic mass is 32.2. The number of ether oxygens (including phenoxy) is 1. The van der Waals surface area contributed by atoms with Crippen LogP contribution in [0.1, 0.15) is 5.56 Å². The van der Waals surface area contributed by atoms with Gasteiger partial charge in [0.15, 0.2) is 4.90 Å². The lowest BCUT2D eigenvalue weighted by atomic mass is 10.2. The molecular formula is C19H16N2O5S. The lowest BCUT2D eigenvalue weighted by molar-refractivity contribution is -0.387. The molecule has 0 atom stereocenters. The molecule has 138 valence electrons. The molecule has 3 rings (SSSR count). The maximum Gasteiger partial charge on any atom is 0.289 e. The van der Waals surface area contributed by atoms with E-state index in [1.165, 1.54) is 30.3 Å². The Kier molecular flexibility index (Phi) is 5.37. The van der Waals surface area contributed by atoms with Crippen molar-refractivity contribution in [3.63, 3.8) is 0 Å². The zero-order valence-electron chi connectivity index (χ0n) is 14.1. The molecule has 0 bridgehead atoms. The molecule has 0 fully saturated rings. The predicted octanol–water partition coefficient (Wildman–Crippen LogP) is 3.97. The molecule has 0 aromatic heterocycles. The average Bonchev–Trinajstić information content (AvgIpc) is 2.68. The zero-order valence-corrected chi connectivity index (χ0v) is 14.9. The maximum absolute atomic E-state index is 12.5. The Morgan fingerprint density at radius 3 is 2.19 bits per heavy atom. The van der Waals surface area contributed by atoms with Gasteiger partial charge in [0.05, 0.1) is 4.92 Å². The van der Waals surface area contributed by atoms with E-state index in [-0.39, 0.29) is 10.6 Å². The van der Waals surface area contributed by atoms with Gasteiger partial charge in [-0.3, -0.25) is 14.8 Å². The predicted molar refractivity (Wildman–Crippen MR) is 101 cm³/mol. The molecular weight excluding hydrogens is 368 g/mol. The van der Waals surface area contributed by atoms with Crippen molar-refractivity contribution in [2.45, 2.75) is 11.5 Å². The average molecular weight is 384 g/mol. The normalized spacial score (nSPS) is 11.0. The molecule has 1 N–H and O–H groups in total. The van der Waals surface area contributed by atoms with Crippen LogP contribution in [-0.2, 0) is 16.6 Å². The fourth-order valence-corrected chi connectivity index (χ4v) is 3.64. The van der Waals surface area contributed by atoms with Crippen LogP contribution in [0.2, 0.25) is 0 Å². The summed E-state index contributed by atoms with van der Waals surface area (Å²) in [7, 11) is -4.09. The molecule has 0 aliphatic rings. The third-order valence-corrected chi connectivity index (χ3v) is 5.14. The van der Waals surface area contributed by atoms with Crippen molar-refractivity contribution in [1.29, 1.82) is 0 Å². The van der Waals surface area contributed by atoms with Crippen LogP contribution >= 0.6 is 0 Å². The van der Waals surface area contributed by atoms with Crippen molar-refractivity contribution in [1.82, 2.24) is 0 Å². The minimum absolute atomic E-state index is 0.278. The molecule has 27 heavy (non-hydrogen) atoms. The number of nitrogens with zero attached hydrogens (tertiary/aromatic N) is 1. The van der Waals surface area contributed by atoms with E-state index in [0.29, 0.717) is 12.4 Å². The van der Waals surface area contributed by atoms with E-state index >= 15 is 0 Å². The lowest BCUT2D eigenvalue weighted by Gasteiger charge is -2.10. The molecule has 0 radical (unpaired) electrons. The van der Waals surface area contributed by atoms with Gasteiger partial charge in [-0.05, 0) is 35.9 Å². The highest BCUT2D eigenvalue weighted by Gasteiger charge is 2.25. The second-order valence-corrected chi connectivity index (χ2v) is 7.28. The molecule has 0 unspecified atom stereocenters. The van der Waals surface area contributed by atoms with E-state index < -0.39 is 20.6 Å². The van der Waals surface area contributed by atoms with Crippen molar-refractivity contribution >= 4 is 21.4 Å². The molecule has 7 nitrogen and oxygen atoms in total. The third-order valence-electron chi connectivity index (χ3n) is 3.71. The molecule has 0 spiro atoms. The summed E-state index contributed by atoms with van der Waals surface area (Å²) in [5.41, 5.74) is 0.812. The van der Waals surface area contributed by atoms with E-state index in [2.05, 4.69) is 4.72 Å². The number of benzene rings is 3. The molecule has 0 saturated carbocycles. The van der Waals surface area contributed by atoms with Crippen molar-refractivity contribution in [3.8, 4) is 5.75 Å². The number of anilines is 1. The fraction of sp³-hybridized carbons (Fsp3) is 0.0526. The monoisotopic (exact) mass is 384 g/mol. The summed E-state index contributed by atoms with van der Waals surface area (Å²) in [5.74, 6) is 0.576. The Hall–Kier alpha value is -3.39. The molecule has 8 heteroatoms. The van der Waals surface area contributed by atoms with Crippen molar-refractivity contribution < 1.29 is 18.1 Å². The van der Waals surface area contributed by atoms with Gasteiger partial charge in [-0.15, -0.1) is 0 Å². The Morgan fingerprint density at radius 1 is 0.889 bits per heavy atom. The van der Waals surface area contributed by atoms with E-state index in [9.17, 15) is 18.5 Å². The first-order valence-corrected chi connectivity index (χ1v) is 9.47. The molecule has 0 saturated heterocycles. The molecule has 0 amide bonds. The summed E-state index contributed by atoms with van der Waals surface area (Å²) < 4.78 is 32.9. The quantitative estimate of drug-likeness (QED) is 0.491. The van der Waals surface area contributed by atoms with Crippen LogP contribution in [0.25, 0.3) is 0 Å². The number of hydrogen-bond acceptors (Lipinski definition) is 5. The van der Waals surface area contributed by atoms with Gasteiger partial charge < -0.3 is 4.74 Å². The number of hydrogen-bond donors (Lipinski definition) is 1. The van der Waals surface area contributed by atoms with E-state index in [4.69, 9.17) is 4.74 Å². The van der Waals surface area contributed by atoms with Crippen LogP contribution < -0.4 is 9.46 Å². The number of nitro benzene ring substituents is 1. The lowest BCUT2D eigenvalue weighted by Crippen LogP contribution is -2.14. The van der Waals surface area contributed by atoms with Crippen LogP contribution in [-0.4, -0.2) is 13.3 Å². The standard InChI is InChI=1S/C19H16N2O5S/c22-21(23)18-8-4-5-9-19(18)27(24,25)20-16-10-12-17(13-11-16)26-14-15-6-2-1-3-7-15/h1-13,20H,14H2. The van der Waals surface area contributed by atoms with Crippen LogP contribution in [0.4, 0.5) is 11.4 Å². The van der Waals surface area contributed by atoms with Gasteiger partial charge in [0.1, 0.15) is 12.4 Å². The van der Waals surface area contributed by atoms with Gasteiger partial charge in [0.25, 0.3) is 15.7 Å². The summed E-state index contributed by atoms with van der Waals surface area (Å²) >= 11 is 0. The summed E-state index contributed by atoms with van der Waals surface area (Å²) in [6, 6.07) is 21.1. The third kappa shape index (κ3) is 4.62. The smallest absolute Gasteiger partial charge is 0.289 e. The Balaban J connectivity index is 1.72. The topological polar surface area (TPSA) is 98.5 Å². The number of para-hydroxylation sites is 1. The maximum atomic E-state index is 12.5. The number of nitro groups is 1. The number of nitrogens with one attached hydrogen (secondary N) is 1. The number of rotatable bonds is 7. The van der Waals surface area contributed by atoms with Gasteiger partial charge in [-0.1, -0.05) is 42.5 Å². The summed E-state index contributed by atoms with van der Waals surface area (Å²) in [6.07, 6.45) is 0. The van der Waals surface area contributed by atoms with Gasteiger partial charge in [0.2, 0.25) is 0 Å². The fourth-order valence-electron chi connectivity index (χ4n) is 2.41. The Morgan fingerprint density at radius 2 is 1.52 bits per heavy atom. The molecule has 3 aromatic carbocycles. The van der Waals surface area contributed by atoms with Crippen LogP contribution in [0.3, 0.4) is 0 Å². The van der Waals surface area contributed by atoms with Crippen molar-refractivity contribution in [2.75, 3.05) is 4.72 Å². The Bertz CT molecular complexity index is 1040. The van der Waals surface area contributed by atoms with E-state index in [1.807, 2.05) is 30.3 Å². The van der Waals surface area contributed by atoms with Crippen LogP contribution in [0, 0.1) is 10.1 Å². The highest BCUT2D eigenvalue weighted by molar-refractivity contribution is 7.92. The minimum atomic E-state index is -4.09. The van der Waals surface area contributed by atoms with E-state index in [1.54, 1.807) is 12.1 Å².